The monoisotopic (exact) mass is 270 g/mol. The Hall–Kier alpha value is -1.30. The molecule has 0 aliphatic carbocycles. The maximum atomic E-state index is 12.0. The first kappa shape index (κ1) is 15.8. The van der Waals surface area contributed by atoms with Crippen molar-refractivity contribution in [3.05, 3.63) is 0 Å². The summed E-state index contributed by atoms with van der Waals surface area (Å²) in [6.45, 7) is 4.83. The van der Waals surface area contributed by atoms with Crippen LogP contribution >= 0.6 is 0 Å². The first-order valence-corrected chi connectivity index (χ1v) is 7.02. The molecule has 1 heterocycles. The van der Waals surface area contributed by atoms with Crippen molar-refractivity contribution in [2.75, 3.05) is 26.7 Å². The number of piperidine rings is 1. The van der Waals surface area contributed by atoms with Gasteiger partial charge in [0.1, 0.15) is 0 Å². The fraction of sp³-hybridized carbons (Fsp3) is 0.846. The van der Waals surface area contributed by atoms with Crippen LogP contribution in [0.4, 0.5) is 0 Å². The van der Waals surface area contributed by atoms with Gasteiger partial charge < -0.3 is 21.2 Å². The first-order valence-electron chi connectivity index (χ1n) is 7.02. The molecule has 1 saturated heterocycles. The molecular weight excluding hydrogens is 244 g/mol. The van der Waals surface area contributed by atoms with Crippen molar-refractivity contribution in [1.82, 2.24) is 10.2 Å². The second-order valence-electron chi connectivity index (χ2n) is 5.36. The highest BCUT2D eigenvalue weighted by Gasteiger charge is 2.24. The number of nitrogens with two attached hydrogens (primary N) is 1. The average Bonchev–Trinajstić information content (AvgIpc) is 2.43. The molecule has 0 saturated carbocycles. The van der Waals surface area contributed by atoms with E-state index in [0.717, 1.165) is 32.4 Å². The molecule has 0 spiro atoms. The van der Waals surface area contributed by atoms with Crippen LogP contribution in [-0.2, 0) is 4.79 Å². The van der Waals surface area contributed by atoms with Gasteiger partial charge in [-0.05, 0) is 45.3 Å². The Kier molecular flexibility index (Phi) is 6.62. The Morgan fingerprint density at radius 2 is 2.16 bits per heavy atom. The minimum absolute atomic E-state index is 0.00253. The van der Waals surface area contributed by atoms with E-state index >= 15 is 0 Å². The van der Waals surface area contributed by atoms with Crippen molar-refractivity contribution >= 4 is 11.7 Å². The van der Waals surface area contributed by atoms with Crippen LogP contribution in [0.1, 0.15) is 32.6 Å². The van der Waals surface area contributed by atoms with Crippen LogP contribution in [0.5, 0.6) is 0 Å². The van der Waals surface area contributed by atoms with Gasteiger partial charge in [-0.3, -0.25) is 4.79 Å². The summed E-state index contributed by atoms with van der Waals surface area (Å²) >= 11 is 0. The third-order valence-electron chi connectivity index (χ3n) is 3.77. The van der Waals surface area contributed by atoms with Crippen LogP contribution in [0, 0.1) is 11.8 Å². The Labute approximate surface area is 115 Å². The largest absolute Gasteiger partial charge is 0.409 e. The molecule has 0 aromatic heterocycles. The molecule has 4 N–H and O–H groups in total. The summed E-state index contributed by atoms with van der Waals surface area (Å²) in [5.74, 6) is -0.102. The predicted octanol–water partition coefficient (Wildman–Crippen LogP) is 0.607. The maximum Gasteiger partial charge on any atom is 0.230 e. The van der Waals surface area contributed by atoms with E-state index in [0.29, 0.717) is 18.9 Å². The smallest absolute Gasteiger partial charge is 0.230 e. The lowest BCUT2D eigenvalue weighted by atomic mass is 9.96. The van der Waals surface area contributed by atoms with Crippen molar-refractivity contribution in [3.8, 4) is 0 Å². The number of hydrogen-bond donors (Lipinski definition) is 3. The Morgan fingerprint density at radius 1 is 1.53 bits per heavy atom. The van der Waals surface area contributed by atoms with E-state index in [1.54, 1.807) is 0 Å². The Balaban J connectivity index is 2.40. The summed E-state index contributed by atoms with van der Waals surface area (Å²) in [7, 11) is 2.12. The van der Waals surface area contributed by atoms with Gasteiger partial charge in [0.15, 0.2) is 5.84 Å². The van der Waals surface area contributed by atoms with E-state index in [1.807, 2.05) is 6.92 Å². The Bertz CT molecular complexity index is 312. The highest BCUT2D eigenvalue weighted by atomic mass is 16.4. The number of amides is 1. The van der Waals surface area contributed by atoms with Crippen LogP contribution in [-0.4, -0.2) is 48.5 Å². The third-order valence-corrected chi connectivity index (χ3v) is 3.77. The lowest BCUT2D eigenvalue weighted by Crippen LogP contribution is -2.42. The number of carbonyl (C=O) groups is 1. The van der Waals surface area contributed by atoms with Crippen molar-refractivity contribution in [1.29, 1.82) is 0 Å². The molecule has 1 aliphatic rings. The van der Waals surface area contributed by atoms with Crippen LogP contribution in [0.2, 0.25) is 0 Å². The Morgan fingerprint density at radius 3 is 2.68 bits per heavy atom. The minimum Gasteiger partial charge on any atom is -0.409 e. The molecule has 0 aromatic rings. The molecule has 6 nitrogen and oxygen atoms in total. The molecule has 1 amide bonds. The van der Waals surface area contributed by atoms with Crippen molar-refractivity contribution in [3.63, 3.8) is 0 Å². The molecule has 1 aliphatic heterocycles. The second kappa shape index (κ2) is 7.99. The lowest BCUT2D eigenvalue weighted by Gasteiger charge is -2.29. The normalized spacial score (nSPS) is 20.2. The van der Waals surface area contributed by atoms with Gasteiger partial charge in [-0.1, -0.05) is 18.5 Å². The quantitative estimate of drug-likeness (QED) is 0.285. The summed E-state index contributed by atoms with van der Waals surface area (Å²) in [5.41, 5.74) is 5.56. The van der Waals surface area contributed by atoms with Gasteiger partial charge in [0, 0.05) is 6.54 Å². The maximum absolute atomic E-state index is 12.0. The number of nitrogens with zero attached hydrogens (tertiary/aromatic N) is 2. The number of likely N-dealkylation sites (tertiary alicyclic amines) is 1. The first-order chi connectivity index (χ1) is 9.08. The van der Waals surface area contributed by atoms with Gasteiger partial charge in [-0.25, -0.2) is 0 Å². The summed E-state index contributed by atoms with van der Waals surface area (Å²) in [6.07, 6.45) is 3.65. The average molecular weight is 270 g/mol. The number of rotatable bonds is 6. The molecule has 1 fully saturated rings. The molecule has 6 heteroatoms. The second-order valence-corrected chi connectivity index (χ2v) is 5.36. The van der Waals surface area contributed by atoms with Crippen LogP contribution in [0.3, 0.4) is 0 Å². The molecule has 19 heavy (non-hydrogen) atoms. The van der Waals surface area contributed by atoms with Crippen molar-refractivity contribution in [2.45, 2.75) is 32.6 Å². The molecule has 1 unspecified atom stereocenters. The summed E-state index contributed by atoms with van der Waals surface area (Å²) in [6, 6.07) is 0. The summed E-state index contributed by atoms with van der Waals surface area (Å²) < 4.78 is 0. The van der Waals surface area contributed by atoms with Crippen molar-refractivity contribution in [2.24, 2.45) is 22.7 Å². The van der Waals surface area contributed by atoms with E-state index in [4.69, 9.17) is 10.9 Å². The molecular formula is C13H26N4O2. The van der Waals surface area contributed by atoms with Gasteiger partial charge in [-0.15, -0.1) is 0 Å². The summed E-state index contributed by atoms with van der Waals surface area (Å²) in [4.78, 5) is 14.3. The topological polar surface area (TPSA) is 91.0 Å². The van der Waals surface area contributed by atoms with Crippen LogP contribution in [0.25, 0.3) is 0 Å². The standard InChI is InChI=1S/C13H26N4O2/c1-3-4-11(12(14)16-19)13(18)15-9-10-5-7-17(2)8-6-10/h10-11,19H,3-9H2,1-2H3,(H2,14,16)(H,15,18). The van der Waals surface area contributed by atoms with E-state index in [1.165, 1.54) is 0 Å². The molecule has 110 valence electrons. The highest BCUT2D eigenvalue weighted by Crippen LogP contribution is 2.15. The number of nitrogens with one attached hydrogen (secondary N) is 1. The van der Waals surface area contributed by atoms with E-state index in [2.05, 4.69) is 22.4 Å². The lowest BCUT2D eigenvalue weighted by molar-refractivity contribution is -0.123. The van der Waals surface area contributed by atoms with E-state index in [9.17, 15) is 4.79 Å². The third kappa shape index (κ3) is 5.06. The van der Waals surface area contributed by atoms with Crippen LogP contribution < -0.4 is 11.1 Å². The summed E-state index contributed by atoms with van der Waals surface area (Å²) in [5, 5.41) is 14.6. The van der Waals surface area contributed by atoms with Crippen LogP contribution in [0.15, 0.2) is 5.16 Å². The predicted molar refractivity (Wildman–Crippen MR) is 75.0 cm³/mol. The zero-order valence-corrected chi connectivity index (χ0v) is 11.9. The minimum atomic E-state index is -0.513. The molecule has 0 aromatic carbocycles. The fourth-order valence-corrected chi connectivity index (χ4v) is 2.41. The number of carbonyl (C=O) groups excluding carboxylic acids is 1. The number of amidine groups is 1. The number of oxime groups is 1. The SMILES string of the molecule is CCCC(C(=O)NCC1CCN(C)CC1)C(N)=NO. The zero-order valence-electron chi connectivity index (χ0n) is 11.9. The van der Waals surface area contributed by atoms with Gasteiger partial charge in [0.2, 0.25) is 5.91 Å². The van der Waals surface area contributed by atoms with Gasteiger partial charge in [0.25, 0.3) is 0 Å². The fourth-order valence-electron chi connectivity index (χ4n) is 2.41. The zero-order chi connectivity index (χ0) is 14.3. The van der Waals surface area contributed by atoms with Gasteiger partial charge in [0.05, 0.1) is 5.92 Å². The van der Waals surface area contributed by atoms with E-state index in [-0.39, 0.29) is 11.7 Å². The molecule has 0 radical (unpaired) electrons. The van der Waals surface area contributed by atoms with Gasteiger partial charge >= 0.3 is 0 Å². The van der Waals surface area contributed by atoms with Gasteiger partial charge in [-0.2, -0.15) is 0 Å². The molecule has 0 bridgehead atoms. The number of hydrogen-bond acceptors (Lipinski definition) is 4. The van der Waals surface area contributed by atoms with Crippen molar-refractivity contribution < 1.29 is 10.0 Å². The molecule has 1 rings (SSSR count). The molecule has 1 atom stereocenters. The highest BCUT2D eigenvalue weighted by molar-refractivity contribution is 6.02. The van der Waals surface area contributed by atoms with E-state index < -0.39 is 5.92 Å².